The Morgan fingerprint density at radius 1 is 1.31 bits per heavy atom. The van der Waals surface area contributed by atoms with Crippen molar-refractivity contribution in [2.75, 3.05) is 12.3 Å². The van der Waals surface area contributed by atoms with E-state index in [0.29, 0.717) is 6.07 Å². The van der Waals surface area contributed by atoms with Crippen LogP contribution in [-0.2, 0) is 15.7 Å². The summed E-state index contributed by atoms with van der Waals surface area (Å²) in [7, 11) is 0. The number of carboxylic acids is 1. The molecule has 4 N–H and O–H groups in total. The van der Waals surface area contributed by atoms with Crippen molar-refractivity contribution in [2.45, 2.75) is 38.6 Å². The van der Waals surface area contributed by atoms with E-state index in [-0.39, 0.29) is 5.02 Å². The number of carboxylic acid groups (broad SMARTS) is 1. The molecule has 0 saturated heterocycles. The molecule has 0 spiro atoms. The number of hydrogen-bond acceptors (Lipinski definition) is 5. The molecule has 1 rings (SSSR count). The fourth-order valence-electron chi connectivity index (χ4n) is 1.78. The molecule has 1 amide bonds. The smallest absolute Gasteiger partial charge is 0.420 e. The standard InChI is InChI=1S/C15H18ClF3N2O5/c1-14(2,3)26-13(24)21-10(12(22)23)6-25-11-8(15(17,18)19)4-7(16)5-9(11)20/h4-5,10H,6,20H2,1-3H3,(H,21,24)(H,22,23). The van der Waals surface area contributed by atoms with Crippen molar-refractivity contribution >= 4 is 29.4 Å². The number of hydrogen-bond donors (Lipinski definition) is 3. The fraction of sp³-hybridized carbons (Fsp3) is 0.467. The van der Waals surface area contributed by atoms with E-state index in [9.17, 15) is 22.8 Å². The van der Waals surface area contributed by atoms with Crippen LogP contribution < -0.4 is 15.8 Å². The Bertz CT molecular complexity index is 689. The third-order valence-electron chi connectivity index (χ3n) is 2.77. The van der Waals surface area contributed by atoms with Gasteiger partial charge in [0.15, 0.2) is 11.8 Å². The number of nitrogens with two attached hydrogens (primary N) is 1. The van der Waals surface area contributed by atoms with E-state index in [2.05, 4.69) is 0 Å². The first-order valence-corrected chi connectivity index (χ1v) is 7.60. The fourth-order valence-corrected chi connectivity index (χ4v) is 2.00. The second-order valence-corrected chi connectivity index (χ2v) is 6.65. The summed E-state index contributed by atoms with van der Waals surface area (Å²) < 4.78 is 49.1. The minimum absolute atomic E-state index is 0.260. The van der Waals surface area contributed by atoms with E-state index in [4.69, 9.17) is 31.9 Å². The molecular formula is C15H18ClF3N2O5. The van der Waals surface area contributed by atoms with Crippen molar-refractivity contribution in [3.63, 3.8) is 0 Å². The van der Waals surface area contributed by atoms with Crippen LogP contribution in [0.4, 0.5) is 23.7 Å². The number of rotatable bonds is 5. The van der Waals surface area contributed by atoms with Gasteiger partial charge < -0.3 is 25.6 Å². The van der Waals surface area contributed by atoms with Crippen molar-refractivity contribution in [2.24, 2.45) is 0 Å². The van der Waals surface area contributed by atoms with Gasteiger partial charge in [-0.25, -0.2) is 9.59 Å². The van der Waals surface area contributed by atoms with Crippen molar-refractivity contribution in [3.8, 4) is 5.75 Å². The van der Waals surface area contributed by atoms with Gasteiger partial charge in [-0.3, -0.25) is 0 Å². The molecule has 0 aliphatic rings. The maximum Gasteiger partial charge on any atom is 0.420 e. The minimum atomic E-state index is -4.83. The van der Waals surface area contributed by atoms with E-state index in [1.165, 1.54) is 0 Å². The lowest BCUT2D eigenvalue weighted by atomic mass is 10.1. The molecule has 7 nitrogen and oxygen atoms in total. The first kappa shape index (κ1) is 21.7. The molecule has 1 aromatic carbocycles. The molecule has 1 unspecified atom stereocenters. The zero-order valence-electron chi connectivity index (χ0n) is 14.1. The van der Waals surface area contributed by atoms with Gasteiger partial charge in [-0.05, 0) is 32.9 Å². The van der Waals surface area contributed by atoms with Crippen LogP contribution in [0.3, 0.4) is 0 Å². The first-order chi connectivity index (χ1) is 11.7. The van der Waals surface area contributed by atoms with Gasteiger partial charge >= 0.3 is 18.2 Å². The van der Waals surface area contributed by atoms with Crippen LogP contribution >= 0.6 is 11.6 Å². The Morgan fingerprint density at radius 2 is 1.88 bits per heavy atom. The molecule has 11 heteroatoms. The lowest BCUT2D eigenvalue weighted by Crippen LogP contribution is -2.46. The topological polar surface area (TPSA) is 111 Å². The summed E-state index contributed by atoms with van der Waals surface area (Å²) in [5, 5.41) is 10.9. The van der Waals surface area contributed by atoms with Crippen LogP contribution in [0.15, 0.2) is 12.1 Å². The predicted molar refractivity (Wildman–Crippen MR) is 87.2 cm³/mol. The largest absolute Gasteiger partial charge is 0.488 e. The first-order valence-electron chi connectivity index (χ1n) is 7.22. The number of halogens is 4. The predicted octanol–water partition coefficient (Wildman–Crippen LogP) is 3.30. The Hall–Kier alpha value is -2.36. The SMILES string of the molecule is CC(C)(C)OC(=O)NC(COc1c(N)cc(Cl)cc1C(F)(F)F)C(=O)O. The molecule has 0 aliphatic heterocycles. The molecule has 0 heterocycles. The highest BCUT2D eigenvalue weighted by Crippen LogP contribution is 2.41. The van der Waals surface area contributed by atoms with E-state index in [1.54, 1.807) is 20.8 Å². The average molecular weight is 399 g/mol. The third kappa shape index (κ3) is 6.51. The van der Waals surface area contributed by atoms with Crippen LogP contribution in [-0.4, -0.2) is 35.4 Å². The number of nitrogens with one attached hydrogen (secondary N) is 1. The number of carbonyl (C=O) groups is 2. The minimum Gasteiger partial charge on any atom is -0.488 e. The molecule has 0 fully saturated rings. The molecule has 1 aromatic rings. The number of carbonyl (C=O) groups excluding carboxylic acids is 1. The zero-order valence-corrected chi connectivity index (χ0v) is 14.9. The van der Waals surface area contributed by atoms with Gasteiger partial charge in [-0.15, -0.1) is 0 Å². The highest BCUT2D eigenvalue weighted by molar-refractivity contribution is 6.31. The third-order valence-corrected chi connectivity index (χ3v) is 2.99. The van der Waals surface area contributed by atoms with Gasteiger partial charge in [0.25, 0.3) is 0 Å². The Labute approximate surface area is 152 Å². The van der Waals surface area contributed by atoms with E-state index < -0.39 is 53.5 Å². The van der Waals surface area contributed by atoms with Crippen LogP contribution in [0.1, 0.15) is 26.3 Å². The number of alkyl halides is 3. The van der Waals surface area contributed by atoms with Crippen molar-refractivity contribution < 1.29 is 37.3 Å². The number of aliphatic carboxylic acids is 1. The summed E-state index contributed by atoms with van der Waals surface area (Å²) in [6, 6.07) is -0.0333. The van der Waals surface area contributed by atoms with E-state index in [1.807, 2.05) is 5.32 Å². The van der Waals surface area contributed by atoms with Crippen molar-refractivity contribution in [1.29, 1.82) is 0 Å². The van der Waals surface area contributed by atoms with Gasteiger partial charge in [-0.2, -0.15) is 13.2 Å². The molecule has 26 heavy (non-hydrogen) atoms. The maximum absolute atomic E-state index is 13.1. The van der Waals surface area contributed by atoms with E-state index in [0.717, 1.165) is 6.07 Å². The number of anilines is 1. The second kappa shape index (κ2) is 7.90. The lowest BCUT2D eigenvalue weighted by molar-refractivity contribution is -0.140. The van der Waals surface area contributed by atoms with Crippen LogP contribution in [0, 0.1) is 0 Å². The molecule has 0 saturated carbocycles. The molecule has 146 valence electrons. The van der Waals surface area contributed by atoms with Gasteiger partial charge in [0.1, 0.15) is 17.8 Å². The number of alkyl carbamates (subject to hydrolysis) is 1. The van der Waals surface area contributed by atoms with Gasteiger partial charge in [0, 0.05) is 5.02 Å². The highest BCUT2D eigenvalue weighted by atomic mass is 35.5. The Morgan fingerprint density at radius 3 is 2.35 bits per heavy atom. The zero-order chi connectivity index (χ0) is 20.3. The Kier molecular flexibility index (Phi) is 6.59. The molecule has 0 aliphatic carbocycles. The lowest BCUT2D eigenvalue weighted by Gasteiger charge is -2.23. The number of amides is 1. The molecule has 0 aromatic heterocycles. The van der Waals surface area contributed by atoms with Gasteiger partial charge in [-0.1, -0.05) is 11.6 Å². The number of benzene rings is 1. The Balaban J connectivity index is 2.97. The average Bonchev–Trinajstić information content (AvgIpc) is 2.40. The summed E-state index contributed by atoms with van der Waals surface area (Å²) in [6.45, 7) is 3.86. The molecular weight excluding hydrogens is 381 g/mol. The summed E-state index contributed by atoms with van der Waals surface area (Å²) in [6.07, 6.45) is -5.89. The normalized spacial score (nSPS) is 13.0. The quantitative estimate of drug-likeness (QED) is 0.656. The number of ether oxygens (including phenoxy) is 2. The van der Waals surface area contributed by atoms with Crippen LogP contribution in [0.2, 0.25) is 5.02 Å². The molecule has 0 bridgehead atoms. The number of nitrogen functional groups attached to an aromatic ring is 1. The van der Waals surface area contributed by atoms with Crippen molar-refractivity contribution in [3.05, 3.63) is 22.7 Å². The van der Waals surface area contributed by atoms with Crippen molar-refractivity contribution in [1.82, 2.24) is 5.32 Å². The van der Waals surface area contributed by atoms with E-state index >= 15 is 0 Å². The molecule has 1 atom stereocenters. The van der Waals surface area contributed by atoms with Gasteiger partial charge in [0.05, 0.1) is 5.69 Å². The summed E-state index contributed by atoms with van der Waals surface area (Å²) in [5.74, 6) is -2.31. The molecule has 0 radical (unpaired) electrons. The van der Waals surface area contributed by atoms with Gasteiger partial charge in [0.2, 0.25) is 0 Å². The summed E-state index contributed by atoms with van der Waals surface area (Å²) >= 11 is 5.57. The maximum atomic E-state index is 13.1. The summed E-state index contributed by atoms with van der Waals surface area (Å²) in [5.41, 5.74) is 2.92. The monoisotopic (exact) mass is 398 g/mol. The van der Waals surface area contributed by atoms with Crippen LogP contribution in [0.5, 0.6) is 5.75 Å². The second-order valence-electron chi connectivity index (χ2n) is 6.22. The van der Waals surface area contributed by atoms with Crippen LogP contribution in [0.25, 0.3) is 0 Å². The highest BCUT2D eigenvalue weighted by Gasteiger charge is 2.36. The summed E-state index contributed by atoms with van der Waals surface area (Å²) in [4.78, 5) is 22.9.